The van der Waals surface area contributed by atoms with E-state index in [2.05, 4.69) is 15.3 Å². The molecule has 20 heavy (non-hydrogen) atoms. The molecule has 0 saturated heterocycles. The fraction of sp³-hybridized carbons (Fsp3) is 0.143. The number of carbonyl (C=O) groups excluding carboxylic acids is 1. The van der Waals surface area contributed by atoms with Gasteiger partial charge in [-0.15, -0.1) is 11.3 Å². The van der Waals surface area contributed by atoms with Crippen LogP contribution in [0.3, 0.4) is 0 Å². The van der Waals surface area contributed by atoms with E-state index in [1.54, 1.807) is 16.8 Å². The molecule has 6 heteroatoms. The zero-order valence-corrected chi connectivity index (χ0v) is 11.5. The smallest absolute Gasteiger partial charge is 0.267 e. The van der Waals surface area contributed by atoms with Gasteiger partial charge in [0.2, 0.25) is 0 Å². The Hall–Kier alpha value is -2.34. The second-order valence-electron chi connectivity index (χ2n) is 4.52. The molecule has 0 aliphatic rings. The molecular weight excluding hydrogens is 272 g/mol. The fourth-order valence-corrected chi connectivity index (χ4v) is 2.63. The third-order valence-corrected chi connectivity index (χ3v) is 3.67. The Kier molecular flexibility index (Phi) is 3.39. The van der Waals surface area contributed by atoms with Crippen molar-refractivity contribution in [2.24, 2.45) is 0 Å². The molecule has 0 fully saturated rings. The Morgan fingerprint density at radius 1 is 1.40 bits per heavy atom. The predicted molar refractivity (Wildman–Crippen MR) is 80.9 cm³/mol. The lowest BCUT2D eigenvalue weighted by Crippen LogP contribution is -2.25. The summed E-state index contributed by atoms with van der Waals surface area (Å²) in [5, 5.41) is 5.80. The quantitative estimate of drug-likeness (QED) is 0.643. The summed E-state index contributed by atoms with van der Waals surface area (Å²) in [4.78, 5) is 19.3. The number of carbonyl (C=O) groups is 1. The number of nitrogens with one attached hydrogen (secondary N) is 2. The van der Waals surface area contributed by atoms with Gasteiger partial charge in [0.05, 0.1) is 11.2 Å². The van der Waals surface area contributed by atoms with Crippen LogP contribution in [-0.4, -0.2) is 22.4 Å². The molecule has 0 saturated carbocycles. The van der Waals surface area contributed by atoms with Crippen molar-refractivity contribution in [3.8, 4) is 0 Å². The number of benzene rings is 1. The van der Waals surface area contributed by atoms with Crippen LogP contribution in [0.5, 0.6) is 0 Å². The molecule has 3 aromatic rings. The summed E-state index contributed by atoms with van der Waals surface area (Å²) in [6.45, 7) is 0.570. The Labute approximate surface area is 119 Å². The average molecular weight is 286 g/mol. The number of rotatable bonds is 4. The van der Waals surface area contributed by atoms with E-state index in [0.29, 0.717) is 17.9 Å². The molecule has 5 nitrogen and oxygen atoms in total. The largest absolute Gasteiger partial charge is 0.399 e. The first kappa shape index (κ1) is 12.7. The van der Waals surface area contributed by atoms with E-state index in [9.17, 15) is 4.79 Å². The maximum Gasteiger partial charge on any atom is 0.267 e. The Morgan fingerprint density at radius 3 is 3.10 bits per heavy atom. The zero-order chi connectivity index (χ0) is 13.9. The summed E-state index contributed by atoms with van der Waals surface area (Å²) in [6, 6.07) is 7.33. The summed E-state index contributed by atoms with van der Waals surface area (Å²) in [7, 11) is 0. The van der Waals surface area contributed by atoms with Crippen molar-refractivity contribution in [3.63, 3.8) is 0 Å². The number of nitrogens with zero attached hydrogens (tertiary/aromatic N) is 1. The highest BCUT2D eigenvalue weighted by Crippen LogP contribution is 2.18. The van der Waals surface area contributed by atoms with E-state index in [0.717, 1.165) is 23.0 Å². The van der Waals surface area contributed by atoms with Crippen LogP contribution in [0.2, 0.25) is 0 Å². The van der Waals surface area contributed by atoms with E-state index in [1.807, 2.05) is 29.6 Å². The third kappa shape index (κ3) is 2.65. The van der Waals surface area contributed by atoms with Crippen molar-refractivity contribution in [3.05, 3.63) is 46.5 Å². The standard InChI is InChI=1S/C14H14N4OS/c15-10-1-2-12-9(5-10)6-13(18-12)14(19)16-4-3-11-7-20-8-17-11/h1-2,5-8,18H,3-4,15H2,(H,16,19). The van der Waals surface area contributed by atoms with Gasteiger partial charge in [-0.05, 0) is 24.3 Å². The monoisotopic (exact) mass is 286 g/mol. The number of aromatic amines is 1. The number of anilines is 1. The van der Waals surface area contributed by atoms with Crippen molar-refractivity contribution < 1.29 is 4.79 Å². The normalized spacial score (nSPS) is 10.8. The second kappa shape index (κ2) is 5.34. The number of hydrogen-bond donors (Lipinski definition) is 3. The molecule has 3 rings (SSSR count). The first-order chi connectivity index (χ1) is 9.72. The van der Waals surface area contributed by atoms with Crippen LogP contribution in [0, 0.1) is 0 Å². The van der Waals surface area contributed by atoms with Gasteiger partial charge in [-0.3, -0.25) is 4.79 Å². The Morgan fingerprint density at radius 2 is 2.30 bits per heavy atom. The molecule has 0 radical (unpaired) electrons. The van der Waals surface area contributed by atoms with Gasteiger partial charge < -0.3 is 16.0 Å². The number of fused-ring (bicyclic) bond motifs is 1. The van der Waals surface area contributed by atoms with Crippen molar-refractivity contribution in [2.45, 2.75) is 6.42 Å². The topological polar surface area (TPSA) is 83.8 Å². The van der Waals surface area contributed by atoms with Crippen molar-refractivity contribution in [1.29, 1.82) is 0 Å². The second-order valence-corrected chi connectivity index (χ2v) is 5.23. The number of nitrogen functional groups attached to an aromatic ring is 1. The minimum atomic E-state index is -0.116. The van der Waals surface area contributed by atoms with Crippen LogP contribution >= 0.6 is 11.3 Å². The summed E-state index contributed by atoms with van der Waals surface area (Å²) in [6.07, 6.45) is 0.739. The number of H-pyrrole nitrogens is 1. The summed E-state index contributed by atoms with van der Waals surface area (Å²) in [5.74, 6) is -0.116. The summed E-state index contributed by atoms with van der Waals surface area (Å²) in [5.41, 5.74) is 10.7. The average Bonchev–Trinajstić information content (AvgIpc) is 3.06. The van der Waals surface area contributed by atoms with Crippen LogP contribution in [0.4, 0.5) is 5.69 Å². The molecule has 1 aromatic carbocycles. The lowest BCUT2D eigenvalue weighted by atomic mass is 10.2. The van der Waals surface area contributed by atoms with Gasteiger partial charge in [0.1, 0.15) is 5.69 Å². The van der Waals surface area contributed by atoms with E-state index in [-0.39, 0.29) is 5.91 Å². The van der Waals surface area contributed by atoms with Crippen LogP contribution < -0.4 is 11.1 Å². The summed E-state index contributed by atoms with van der Waals surface area (Å²) >= 11 is 1.56. The fourth-order valence-electron chi connectivity index (χ4n) is 2.03. The third-order valence-electron chi connectivity index (χ3n) is 3.04. The Balaban J connectivity index is 1.66. The minimum Gasteiger partial charge on any atom is -0.399 e. The first-order valence-electron chi connectivity index (χ1n) is 6.26. The molecule has 2 heterocycles. The molecule has 0 aliphatic carbocycles. The molecule has 0 spiro atoms. The number of nitrogens with two attached hydrogens (primary N) is 1. The number of aromatic nitrogens is 2. The number of hydrogen-bond acceptors (Lipinski definition) is 4. The lowest BCUT2D eigenvalue weighted by molar-refractivity contribution is 0.0950. The molecule has 0 aliphatic heterocycles. The molecule has 4 N–H and O–H groups in total. The van der Waals surface area contributed by atoms with Gasteiger partial charge in [0.25, 0.3) is 5.91 Å². The highest BCUT2D eigenvalue weighted by atomic mass is 32.1. The minimum absolute atomic E-state index is 0.116. The molecule has 2 aromatic heterocycles. The molecular formula is C14H14N4OS. The van der Waals surface area contributed by atoms with Crippen LogP contribution in [0.1, 0.15) is 16.2 Å². The van der Waals surface area contributed by atoms with Gasteiger partial charge in [-0.1, -0.05) is 0 Å². The van der Waals surface area contributed by atoms with Gasteiger partial charge in [0, 0.05) is 34.9 Å². The lowest BCUT2D eigenvalue weighted by Gasteiger charge is -2.01. The molecule has 0 unspecified atom stereocenters. The zero-order valence-electron chi connectivity index (χ0n) is 10.7. The van der Waals surface area contributed by atoms with Crippen LogP contribution in [0.15, 0.2) is 35.2 Å². The number of amides is 1. The molecule has 1 amide bonds. The van der Waals surface area contributed by atoms with E-state index in [4.69, 9.17) is 5.73 Å². The van der Waals surface area contributed by atoms with E-state index < -0.39 is 0 Å². The van der Waals surface area contributed by atoms with E-state index >= 15 is 0 Å². The maximum absolute atomic E-state index is 12.0. The van der Waals surface area contributed by atoms with E-state index in [1.165, 1.54) is 0 Å². The van der Waals surface area contributed by atoms with Crippen LogP contribution in [0.25, 0.3) is 10.9 Å². The van der Waals surface area contributed by atoms with Gasteiger partial charge >= 0.3 is 0 Å². The molecule has 0 bridgehead atoms. The molecule has 102 valence electrons. The van der Waals surface area contributed by atoms with Gasteiger partial charge in [-0.25, -0.2) is 4.98 Å². The van der Waals surface area contributed by atoms with Crippen molar-refractivity contribution >= 4 is 33.8 Å². The number of thiazole rings is 1. The van der Waals surface area contributed by atoms with Gasteiger partial charge in [-0.2, -0.15) is 0 Å². The van der Waals surface area contributed by atoms with Gasteiger partial charge in [0.15, 0.2) is 0 Å². The van der Waals surface area contributed by atoms with Crippen molar-refractivity contribution in [1.82, 2.24) is 15.3 Å². The van der Waals surface area contributed by atoms with Crippen molar-refractivity contribution in [2.75, 3.05) is 12.3 Å². The van der Waals surface area contributed by atoms with Crippen LogP contribution in [-0.2, 0) is 6.42 Å². The highest BCUT2D eigenvalue weighted by Gasteiger charge is 2.09. The Bertz CT molecular complexity index is 733. The highest BCUT2D eigenvalue weighted by molar-refractivity contribution is 7.07. The summed E-state index contributed by atoms with van der Waals surface area (Å²) < 4.78 is 0. The predicted octanol–water partition coefficient (Wildman–Crippen LogP) is 2.18. The molecule has 0 atom stereocenters. The maximum atomic E-state index is 12.0. The first-order valence-corrected chi connectivity index (χ1v) is 7.20. The SMILES string of the molecule is Nc1ccc2[nH]c(C(=O)NCCc3cscn3)cc2c1.